The molecule has 1 unspecified atom stereocenters. The Hall–Kier alpha value is -1.71. The van der Waals surface area contributed by atoms with Gasteiger partial charge in [-0.2, -0.15) is 0 Å². The minimum Gasteiger partial charge on any atom is -0.481 e. The summed E-state index contributed by atoms with van der Waals surface area (Å²) in [6.45, 7) is 6.31. The van der Waals surface area contributed by atoms with Gasteiger partial charge in [-0.1, -0.05) is 55.2 Å². The highest BCUT2D eigenvalue weighted by atomic mass is 35.5. The van der Waals surface area contributed by atoms with E-state index in [1.165, 1.54) is 5.56 Å². The fourth-order valence-electron chi connectivity index (χ4n) is 2.18. The van der Waals surface area contributed by atoms with Gasteiger partial charge in [0.25, 0.3) is 5.91 Å². The molecule has 128 valence electrons. The average Bonchev–Trinajstić information content (AvgIpc) is 2.54. The van der Waals surface area contributed by atoms with E-state index in [9.17, 15) is 4.79 Å². The predicted molar refractivity (Wildman–Crippen MR) is 98.9 cm³/mol. The fraction of sp³-hybridized carbons (Fsp3) is 0.316. The quantitative estimate of drug-likeness (QED) is 0.763. The molecule has 0 radical (unpaired) electrons. The number of carbonyl (C=O) groups is 1. The molecule has 0 spiro atoms. The van der Waals surface area contributed by atoms with Crippen molar-refractivity contribution in [1.29, 1.82) is 0 Å². The Morgan fingerprint density at radius 3 is 2.33 bits per heavy atom. The summed E-state index contributed by atoms with van der Waals surface area (Å²) < 4.78 is 5.68. The monoisotopic (exact) mass is 365 g/mol. The number of carbonyl (C=O) groups excluding carboxylic acids is 1. The van der Waals surface area contributed by atoms with Gasteiger partial charge in [0.05, 0.1) is 0 Å². The zero-order valence-electron chi connectivity index (χ0n) is 14.0. The first-order valence-corrected chi connectivity index (χ1v) is 8.60. The number of halogens is 2. The SMILES string of the molecule is CC(Oc1ccc(C(C)C)cc1)C(=O)NCc1ccc(Cl)cc1Cl. The van der Waals surface area contributed by atoms with Crippen molar-refractivity contribution in [3.8, 4) is 5.75 Å². The maximum Gasteiger partial charge on any atom is 0.261 e. The van der Waals surface area contributed by atoms with Crippen molar-refractivity contribution in [3.63, 3.8) is 0 Å². The van der Waals surface area contributed by atoms with Gasteiger partial charge in [0.15, 0.2) is 6.10 Å². The van der Waals surface area contributed by atoms with Gasteiger partial charge in [-0.05, 0) is 48.2 Å². The Balaban J connectivity index is 1.89. The molecule has 24 heavy (non-hydrogen) atoms. The molecular weight excluding hydrogens is 345 g/mol. The zero-order chi connectivity index (χ0) is 17.7. The summed E-state index contributed by atoms with van der Waals surface area (Å²) in [5.74, 6) is 0.935. The maximum atomic E-state index is 12.2. The lowest BCUT2D eigenvalue weighted by molar-refractivity contribution is -0.127. The van der Waals surface area contributed by atoms with Crippen LogP contribution in [0.2, 0.25) is 10.0 Å². The van der Waals surface area contributed by atoms with Crippen LogP contribution in [0.4, 0.5) is 0 Å². The molecular formula is C19H21Cl2NO2. The van der Waals surface area contributed by atoms with Gasteiger partial charge in [0.2, 0.25) is 0 Å². The molecule has 1 N–H and O–H groups in total. The largest absolute Gasteiger partial charge is 0.481 e. The summed E-state index contributed by atoms with van der Waals surface area (Å²) in [4.78, 5) is 12.2. The van der Waals surface area contributed by atoms with Crippen molar-refractivity contribution >= 4 is 29.1 Å². The van der Waals surface area contributed by atoms with E-state index < -0.39 is 6.10 Å². The summed E-state index contributed by atoms with van der Waals surface area (Å²) in [5.41, 5.74) is 2.04. The smallest absolute Gasteiger partial charge is 0.261 e. The molecule has 0 saturated carbocycles. The highest BCUT2D eigenvalue weighted by Gasteiger charge is 2.15. The number of ether oxygens (including phenoxy) is 1. The van der Waals surface area contributed by atoms with Crippen LogP contribution in [0.15, 0.2) is 42.5 Å². The van der Waals surface area contributed by atoms with E-state index in [1.807, 2.05) is 24.3 Å². The minimum atomic E-state index is -0.596. The van der Waals surface area contributed by atoms with Crippen LogP contribution >= 0.6 is 23.2 Å². The van der Waals surface area contributed by atoms with Crippen LogP contribution in [0.25, 0.3) is 0 Å². The van der Waals surface area contributed by atoms with Crippen LogP contribution in [-0.2, 0) is 11.3 Å². The molecule has 5 heteroatoms. The second-order valence-corrected chi connectivity index (χ2v) is 6.78. The topological polar surface area (TPSA) is 38.3 Å². The van der Waals surface area contributed by atoms with Crippen molar-refractivity contribution in [2.24, 2.45) is 0 Å². The van der Waals surface area contributed by atoms with E-state index in [-0.39, 0.29) is 5.91 Å². The van der Waals surface area contributed by atoms with Gasteiger partial charge in [0.1, 0.15) is 5.75 Å². The van der Waals surface area contributed by atoms with Gasteiger partial charge >= 0.3 is 0 Å². The standard InChI is InChI=1S/C19H21Cl2NO2/c1-12(2)14-5-8-17(9-6-14)24-13(3)19(23)22-11-15-4-7-16(20)10-18(15)21/h4-10,12-13H,11H2,1-3H3,(H,22,23). The summed E-state index contributed by atoms with van der Waals surface area (Å²) in [5, 5.41) is 3.91. The third-order valence-corrected chi connectivity index (χ3v) is 4.28. The van der Waals surface area contributed by atoms with Crippen molar-refractivity contribution < 1.29 is 9.53 Å². The number of rotatable bonds is 6. The number of nitrogens with one attached hydrogen (secondary N) is 1. The Morgan fingerprint density at radius 1 is 1.08 bits per heavy atom. The minimum absolute atomic E-state index is 0.200. The molecule has 0 aliphatic rings. The maximum absolute atomic E-state index is 12.2. The van der Waals surface area contributed by atoms with Gasteiger partial charge < -0.3 is 10.1 Å². The lowest BCUT2D eigenvalue weighted by atomic mass is 10.0. The van der Waals surface area contributed by atoms with Crippen LogP contribution in [0.1, 0.15) is 37.8 Å². The number of amides is 1. The summed E-state index contributed by atoms with van der Waals surface area (Å²) in [6, 6.07) is 13.0. The third kappa shape index (κ3) is 5.15. The van der Waals surface area contributed by atoms with Gasteiger partial charge in [-0.15, -0.1) is 0 Å². The number of hydrogen-bond acceptors (Lipinski definition) is 2. The fourth-order valence-corrected chi connectivity index (χ4v) is 2.66. The molecule has 1 amide bonds. The predicted octanol–water partition coefficient (Wildman–Crippen LogP) is 5.20. The zero-order valence-corrected chi connectivity index (χ0v) is 15.5. The molecule has 0 aliphatic carbocycles. The summed E-state index contributed by atoms with van der Waals surface area (Å²) >= 11 is 12.0. The Labute approximate surface area is 152 Å². The molecule has 2 rings (SSSR count). The Morgan fingerprint density at radius 2 is 1.75 bits per heavy atom. The van der Waals surface area contributed by atoms with E-state index in [2.05, 4.69) is 19.2 Å². The van der Waals surface area contributed by atoms with E-state index in [1.54, 1.807) is 25.1 Å². The number of benzene rings is 2. The van der Waals surface area contributed by atoms with E-state index in [0.717, 1.165) is 5.56 Å². The van der Waals surface area contributed by atoms with Crippen LogP contribution in [0.3, 0.4) is 0 Å². The summed E-state index contributed by atoms with van der Waals surface area (Å²) in [6.07, 6.45) is -0.596. The van der Waals surface area contributed by atoms with Crippen LogP contribution in [0, 0.1) is 0 Å². The highest BCUT2D eigenvalue weighted by molar-refractivity contribution is 6.35. The van der Waals surface area contributed by atoms with Gasteiger partial charge in [0, 0.05) is 16.6 Å². The molecule has 0 heterocycles. The van der Waals surface area contributed by atoms with Crippen molar-refractivity contribution in [2.45, 2.75) is 39.3 Å². The van der Waals surface area contributed by atoms with Crippen LogP contribution < -0.4 is 10.1 Å². The van der Waals surface area contributed by atoms with E-state index in [4.69, 9.17) is 27.9 Å². The molecule has 0 bridgehead atoms. The molecule has 0 aliphatic heterocycles. The molecule has 2 aromatic rings. The average molecular weight is 366 g/mol. The molecule has 0 aromatic heterocycles. The Kier molecular flexibility index (Phi) is 6.52. The molecule has 0 fully saturated rings. The second kappa shape index (κ2) is 8.41. The molecule has 0 saturated heterocycles. The first-order valence-electron chi connectivity index (χ1n) is 7.85. The second-order valence-electron chi connectivity index (χ2n) is 5.94. The normalized spacial score (nSPS) is 12.1. The van der Waals surface area contributed by atoms with Crippen LogP contribution in [-0.4, -0.2) is 12.0 Å². The van der Waals surface area contributed by atoms with Crippen molar-refractivity contribution in [1.82, 2.24) is 5.32 Å². The lowest BCUT2D eigenvalue weighted by Crippen LogP contribution is -2.35. The molecule has 2 aromatic carbocycles. The third-order valence-electron chi connectivity index (χ3n) is 3.70. The Bertz CT molecular complexity index is 699. The molecule has 1 atom stereocenters. The number of hydrogen-bond donors (Lipinski definition) is 1. The van der Waals surface area contributed by atoms with Gasteiger partial charge in [-0.25, -0.2) is 0 Å². The lowest BCUT2D eigenvalue weighted by Gasteiger charge is -2.16. The molecule has 3 nitrogen and oxygen atoms in total. The van der Waals surface area contributed by atoms with E-state index in [0.29, 0.717) is 28.3 Å². The highest BCUT2D eigenvalue weighted by Crippen LogP contribution is 2.21. The van der Waals surface area contributed by atoms with Crippen molar-refractivity contribution in [3.05, 3.63) is 63.6 Å². The van der Waals surface area contributed by atoms with Crippen LogP contribution in [0.5, 0.6) is 5.75 Å². The van der Waals surface area contributed by atoms with Crippen molar-refractivity contribution in [2.75, 3.05) is 0 Å². The van der Waals surface area contributed by atoms with Gasteiger partial charge in [-0.3, -0.25) is 4.79 Å². The van der Waals surface area contributed by atoms with E-state index >= 15 is 0 Å². The first-order chi connectivity index (χ1) is 11.4. The summed E-state index contributed by atoms with van der Waals surface area (Å²) in [7, 11) is 0. The first kappa shape index (κ1) is 18.6.